The van der Waals surface area contributed by atoms with Gasteiger partial charge in [0.25, 0.3) is 0 Å². The Morgan fingerprint density at radius 2 is 1.67 bits per heavy atom. The van der Waals surface area contributed by atoms with E-state index in [4.69, 9.17) is 0 Å². The van der Waals surface area contributed by atoms with E-state index in [0.717, 1.165) is 29.8 Å². The van der Waals surface area contributed by atoms with Crippen LogP contribution in [0.3, 0.4) is 0 Å². The Morgan fingerprint density at radius 1 is 0.889 bits per heavy atom. The summed E-state index contributed by atoms with van der Waals surface area (Å²) in [5, 5.41) is 4.03. The second-order valence-corrected chi connectivity index (χ2v) is 7.26. The highest BCUT2D eigenvalue weighted by atomic mass is 15.0. The van der Waals surface area contributed by atoms with Crippen molar-refractivity contribution in [2.24, 2.45) is 17.8 Å². The van der Waals surface area contributed by atoms with E-state index in [2.05, 4.69) is 26.1 Å². The average molecular weight is 251 g/mol. The van der Waals surface area contributed by atoms with Gasteiger partial charge in [0.1, 0.15) is 0 Å². The third kappa shape index (κ3) is 3.98. The van der Waals surface area contributed by atoms with Crippen LogP contribution in [-0.2, 0) is 0 Å². The minimum Gasteiger partial charge on any atom is -0.311 e. The lowest BCUT2D eigenvalue weighted by Crippen LogP contribution is -2.44. The highest BCUT2D eigenvalue weighted by Gasteiger charge is 2.27. The highest BCUT2D eigenvalue weighted by Crippen LogP contribution is 2.31. The molecule has 1 heteroatoms. The van der Waals surface area contributed by atoms with Gasteiger partial charge >= 0.3 is 0 Å². The van der Waals surface area contributed by atoms with Gasteiger partial charge in [-0.15, -0.1) is 0 Å². The zero-order valence-corrected chi connectivity index (χ0v) is 12.8. The Balaban J connectivity index is 1.83. The lowest BCUT2D eigenvalue weighted by Gasteiger charge is -2.36. The van der Waals surface area contributed by atoms with E-state index < -0.39 is 0 Å². The van der Waals surface area contributed by atoms with Crippen molar-refractivity contribution >= 4 is 0 Å². The molecule has 0 amide bonds. The number of rotatable bonds is 3. The van der Waals surface area contributed by atoms with E-state index in [0.29, 0.717) is 0 Å². The molecule has 2 aliphatic rings. The zero-order chi connectivity index (χ0) is 13.0. The Morgan fingerprint density at radius 3 is 2.44 bits per heavy atom. The van der Waals surface area contributed by atoms with Crippen LogP contribution in [0.2, 0.25) is 0 Å². The topological polar surface area (TPSA) is 12.0 Å². The highest BCUT2D eigenvalue weighted by molar-refractivity contribution is 4.85. The van der Waals surface area contributed by atoms with E-state index in [-0.39, 0.29) is 0 Å². The molecular formula is C17H33N. The Hall–Kier alpha value is -0.0400. The fraction of sp³-hybridized carbons (Fsp3) is 1.00. The molecule has 0 heterocycles. The first kappa shape index (κ1) is 14.4. The van der Waals surface area contributed by atoms with Gasteiger partial charge in [0.15, 0.2) is 0 Å². The molecule has 18 heavy (non-hydrogen) atoms. The van der Waals surface area contributed by atoms with Crippen molar-refractivity contribution in [3.63, 3.8) is 0 Å². The Bertz CT molecular complexity index is 236. The lowest BCUT2D eigenvalue weighted by molar-refractivity contribution is 0.203. The van der Waals surface area contributed by atoms with E-state index in [9.17, 15) is 0 Å². The summed E-state index contributed by atoms with van der Waals surface area (Å²) >= 11 is 0. The molecule has 4 unspecified atom stereocenters. The largest absolute Gasteiger partial charge is 0.311 e. The quantitative estimate of drug-likeness (QED) is 0.713. The lowest BCUT2D eigenvalue weighted by atomic mass is 9.78. The smallest absolute Gasteiger partial charge is 0.00952 e. The predicted octanol–water partition coefficient (Wildman–Crippen LogP) is 4.76. The fourth-order valence-electron chi connectivity index (χ4n) is 4.03. The van der Waals surface area contributed by atoms with E-state index in [1.54, 1.807) is 0 Å². The van der Waals surface area contributed by atoms with Crippen LogP contribution in [0.25, 0.3) is 0 Å². The van der Waals surface area contributed by atoms with Gasteiger partial charge in [-0.2, -0.15) is 0 Å². The molecule has 2 fully saturated rings. The molecular weight excluding hydrogens is 218 g/mol. The summed E-state index contributed by atoms with van der Waals surface area (Å²) < 4.78 is 0. The van der Waals surface area contributed by atoms with Crippen molar-refractivity contribution in [1.29, 1.82) is 0 Å². The predicted molar refractivity (Wildman–Crippen MR) is 79.8 cm³/mol. The van der Waals surface area contributed by atoms with Crippen molar-refractivity contribution < 1.29 is 0 Å². The maximum atomic E-state index is 4.03. The molecule has 0 aromatic carbocycles. The molecule has 0 aromatic rings. The van der Waals surface area contributed by atoms with Crippen LogP contribution < -0.4 is 5.32 Å². The molecule has 0 aromatic heterocycles. The van der Waals surface area contributed by atoms with Crippen molar-refractivity contribution in [2.75, 3.05) is 0 Å². The third-order valence-corrected chi connectivity index (χ3v) is 5.47. The molecule has 4 atom stereocenters. The first-order valence-electron chi connectivity index (χ1n) is 8.43. The van der Waals surface area contributed by atoms with Gasteiger partial charge in [-0.05, 0) is 43.4 Å². The summed E-state index contributed by atoms with van der Waals surface area (Å²) in [5.41, 5.74) is 0. The summed E-state index contributed by atoms with van der Waals surface area (Å²) in [6, 6.07) is 1.63. The van der Waals surface area contributed by atoms with Crippen LogP contribution in [0.1, 0.15) is 78.6 Å². The second-order valence-electron chi connectivity index (χ2n) is 7.26. The molecule has 1 nitrogen and oxygen atoms in total. The Kier molecular flexibility index (Phi) is 5.54. The van der Waals surface area contributed by atoms with E-state index >= 15 is 0 Å². The molecule has 0 radical (unpaired) electrons. The molecule has 2 saturated carbocycles. The molecule has 2 rings (SSSR count). The monoisotopic (exact) mass is 251 g/mol. The zero-order valence-electron chi connectivity index (χ0n) is 12.8. The molecule has 0 spiro atoms. The van der Waals surface area contributed by atoms with Gasteiger partial charge in [-0.25, -0.2) is 0 Å². The van der Waals surface area contributed by atoms with Crippen molar-refractivity contribution in [3.8, 4) is 0 Å². The number of hydrogen-bond acceptors (Lipinski definition) is 1. The second kappa shape index (κ2) is 6.93. The van der Waals surface area contributed by atoms with Gasteiger partial charge in [-0.1, -0.05) is 52.9 Å². The average Bonchev–Trinajstić information content (AvgIpc) is 2.55. The molecule has 0 bridgehead atoms. The minimum absolute atomic E-state index is 0.809. The fourth-order valence-corrected chi connectivity index (χ4v) is 4.03. The van der Waals surface area contributed by atoms with Gasteiger partial charge in [-0.3, -0.25) is 0 Å². The number of hydrogen-bond donors (Lipinski definition) is 1. The first-order chi connectivity index (χ1) is 8.66. The molecule has 0 aliphatic heterocycles. The minimum atomic E-state index is 0.809. The van der Waals surface area contributed by atoms with E-state index in [1.807, 2.05) is 0 Å². The molecule has 1 N–H and O–H groups in total. The van der Waals surface area contributed by atoms with Gasteiger partial charge < -0.3 is 5.32 Å². The molecule has 0 saturated heterocycles. The first-order valence-corrected chi connectivity index (χ1v) is 8.43. The Labute approximate surface area is 114 Å². The van der Waals surface area contributed by atoms with Crippen molar-refractivity contribution in [3.05, 3.63) is 0 Å². The van der Waals surface area contributed by atoms with Crippen LogP contribution in [-0.4, -0.2) is 12.1 Å². The third-order valence-electron chi connectivity index (χ3n) is 5.47. The van der Waals surface area contributed by atoms with Gasteiger partial charge in [0, 0.05) is 12.1 Å². The van der Waals surface area contributed by atoms with Crippen LogP contribution in [0.5, 0.6) is 0 Å². The van der Waals surface area contributed by atoms with Crippen molar-refractivity contribution in [1.82, 2.24) is 5.32 Å². The maximum Gasteiger partial charge on any atom is 0.00952 e. The summed E-state index contributed by atoms with van der Waals surface area (Å²) in [7, 11) is 0. The number of nitrogens with one attached hydrogen (secondary N) is 1. The van der Waals surface area contributed by atoms with Crippen LogP contribution in [0, 0.1) is 17.8 Å². The maximum absolute atomic E-state index is 4.03. The summed E-state index contributed by atoms with van der Waals surface area (Å²) in [5.74, 6) is 2.74. The summed E-state index contributed by atoms with van der Waals surface area (Å²) in [4.78, 5) is 0. The SMILES string of the molecule is CC(C)C1CCCC(NC2CCCCCC2C)C1. The molecule has 106 valence electrons. The van der Waals surface area contributed by atoms with Crippen molar-refractivity contribution in [2.45, 2.75) is 90.6 Å². The standard InChI is InChI=1S/C17H33N/c1-13(2)15-9-7-10-16(12-15)18-17-11-6-4-5-8-14(17)3/h13-18H,4-12H2,1-3H3. The van der Waals surface area contributed by atoms with Crippen LogP contribution >= 0.6 is 0 Å². The van der Waals surface area contributed by atoms with Gasteiger partial charge in [0.05, 0.1) is 0 Å². The summed E-state index contributed by atoms with van der Waals surface area (Å²) in [6.45, 7) is 7.27. The van der Waals surface area contributed by atoms with Crippen LogP contribution in [0.4, 0.5) is 0 Å². The van der Waals surface area contributed by atoms with Gasteiger partial charge in [0.2, 0.25) is 0 Å². The summed E-state index contributed by atoms with van der Waals surface area (Å²) in [6.07, 6.45) is 13.0. The van der Waals surface area contributed by atoms with Crippen LogP contribution in [0.15, 0.2) is 0 Å². The molecule has 2 aliphatic carbocycles. The normalized spacial score (nSPS) is 38.7. The van der Waals surface area contributed by atoms with E-state index in [1.165, 1.54) is 57.8 Å².